The van der Waals surface area contributed by atoms with Crippen molar-refractivity contribution in [3.8, 4) is 33.4 Å². The maximum Gasteiger partial charge on any atom is 0.139 e. The van der Waals surface area contributed by atoms with Crippen LogP contribution < -0.4 is 5.46 Å². The predicted octanol–water partition coefficient (Wildman–Crippen LogP) is 8.21. The van der Waals surface area contributed by atoms with Crippen molar-refractivity contribution in [3.05, 3.63) is 97.9 Å². The molecule has 6 heteroatoms. The summed E-state index contributed by atoms with van der Waals surface area (Å²) in [6, 6.07) is 23.1. The third kappa shape index (κ3) is 4.37. The van der Waals surface area contributed by atoms with E-state index in [2.05, 4.69) is 6.07 Å². The summed E-state index contributed by atoms with van der Waals surface area (Å²) in [5.74, 6) is 0. The average Bonchev–Trinajstić information content (AvgIpc) is 2.73. The van der Waals surface area contributed by atoms with Crippen LogP contribution in [0.25, 0.3) is 33.4 Å². The zero-order valence-electron chi connectivity index (χ0n) is 15.8. The van der Waals surface area contributed by atoms with Gasteiger partial charge >= 0.3 is 0 Å². The minimum Gasteiger partial charge on any atom is -0.0883 e. The largest absolute Gasteiger partial charge is 0.139 e. The molecule has 4 aromatic rings. The first kappa shape index (κ1) is 21.6. The fourth-order valence-electron chi connectivity index (χ4n) is 3.35. The highest BCUT2D eigenvalue weighted by Crippen LogP contribution is 2.39. The Balaban J connectivity index is 1.85. The first-order valence-corrected chi connectivity index (χ1v) is 11.0. The number of halogens is 5. The number of rotatable bonds is 3. The minimum atomic E-state index is 0.477. The molecule has 30 heavy (non-hydrogen) atoms. The first-order valence-electron chi connectivity index (χ1n) is 9.15. The molecule has 0 fully saturated rings. The van der Waals surface area contributed by atoms with Gasteiger partial charge in [0.05, 0.1) is 10.0 Å². The van der Waals surface area contributed by atoms with Crippen molar-refractivity contribution < 1.29 is 0 Å². The lowest BCUT2D eigenvalue weighted by molar-refractivity contribution is 1.57. The first-order chi connectivity index (χ1) is 14.3. The van der Waals surface area contributed by atoms with Crippen molar-refractivity contribution in [2.75, 3.05) is 0 Å². The molecule has 0 aliphatic carbocycles. The highest BCUT2D eigenvalue weighted by atomic mass is 35.5. The van der Waals surface area contributed by atoms with Gasteiger partial charge in [-0.3, -0.25) is 0 Å². The second-order valence-corrected chi connectivity index (χ2v) is 9.04. The van der Waals surface area contributed by atoms with E-state index < -0.39 is 0 Å². The number of hydrogen-bond donors (Lipinski definition) is 0. The second kappa shape index (κ2) is 8.87. The minimum absolute atomic E-state index is 0.477. The summed E-state index contributed by atoms with van der Waals surface area (Å²) < 4.78 is 0. The molecule has 4 aromatic carbocycles. The van der Waals surface area contributed by atoms with Crippen molar-refractivity contribution >= 4 is 71.3 Å². The lowest BCUT2D eigenvalue weighted by atomic mass is 9.91. The van der Waals surface area contributed by atoms with Gasteiger partial charge in [0.25, 0.3) is 0 Å². The highest BCUT2D eigenvalue weighted by Gasteiger charge is 2.13. The molecule has 0 spiro atoms. The van der Waals surface area contributed by atoms with E-state index in [0.29, 0.717) is 25.1 Å². The maximum absolute atomic E-state index is 6.57. The second-order valence-electron chi connectivity index (χ2n) is 7.00. The summed E-state index contributed by atoms with van der Waals surface area (Å²) in [7, 11) is 2.04. The van der Waals surface area contributed by atoms with Crippen LogP contribution in [0, 0.1) is 0 Å². The number of benzene rings is 4. The Hall–Kier alpha value is -1.61. The van der Waals surface area contributed by atoms with Crippen LogP contribution in [0.1, 0.15) is 0 Å². The van der Waals surface area contributed by atoms with Crippen LogP contribution in [0.2, 0.25) is 25.1 Å². The quantitative estimate of drug-likeness (QED) is 0.254. The third-order valence-corrected chi connectivity index (χ3v) is 6.63. The Labute approximate surface area is 201 Å². The molecule has 0 saturated carbocycles. The van der Waals surface area contributed by atoms with Crippen molar-refractivity contribution in [3.63, 3.8) is 0 Å². The Morgan fingerprint density at radius 1 is 0.400 bits per heavy atom. The van der Waals surface area contributed by atoms with Gasteiger partial charge in [-0.2, -0.15) is 0 Å². The van der Waals surface area contributed by atoms with Crippen LogP contribution in [-0.2, 0) is 0 Å². The topological polar surface area (TPSA) is 0 Å². The number of hydrogen-bond acceptors (Lipinski definition) is 0. The van der Waals surface area contributed by atoms with Gasteiger partial charge in [-0.1, -0.05) is 93.8 Å². The molecule has 0 radical (unpaired) electrons. The van der Waals surface area contributed by atoms with Crippen LogP contribution in [0.15, 0.2) is 72.8 Å². The summed E-state index contributed by atoms with van der Waals surface area (Å²) in [6.07, 6.45) is 0. The van der Waals surface area contributed by atoms with E-state index in [1.165, 1.54) is 0 Å². The van der Waals surface area contributed by atoms with Gasteiger partial charge in [-0.15, -0.1) is 0 Å². The zero-order chi connectivity index (χ0) is 21.4. The average molecular weight is 490 g/mol. The van der Waals surface area contributed by atoms with E-state index in [1.54, 1.807) is 12.1 Å². The molecule has 0 saturated heterocycles. The fourth-order valence-corrected chi connectivity index (χ4v) is 4.33. The van der Waals surface area contributed by atoms with Gasteiger partial charge in [0.2, 0.25) is 0 Å². The monoisotopic (exact) mass is 488 g/mol. The van der Waals surface area contributed by atoms with Gasteiger partial charge in [0, 0.05) is 26.2 Å². The molecule has 0 aromatic heterocycles. The van der Waals surface area contributed by atoms with Gasteiger partial charge < -0.3 is 0 Å². The molecule has 0 aliphatic heterocycles. The lowest BCUT2D eigenvalue weighted by Crippen LogP contribution is -2.01. The van der Waals surface area contributed by atoms with Gasteiger partial charge in [-0.25, -0.2) is 0 Å². The van der Waals surface area contributed by atoms with Crippen LogP contribution in [0.3, 0.4) is 0 Å². The van der Waals surface area contributed by atoms with Gasteiger partial charge in [-0.05, 0) is 64.7 Å². The SMILES string of the molecule is Bc1ccc(Cl)c(-c2ccc(Cl)c(-c3ccc(Cl)c(-c4ccc(Cl)c(Cl)c4)c3)c2)c1. The van der Waals surface area contributed by atoms with Crippen molar-refractivity contribution in [2.24, 2.45) is 0 Å². The summed E-state index contributed by atoms with van der Waals surface area (Å²) in [6.45, 7) is 0. The molecule has 0 atom stereocenters. The Bertz CT molecular complexity index is 1270. The molecular weight excluding hydrogens is 476 g/mol. The highest BCUT2D eigenvalue weighted by molar-refractivity contribution is 6.42. The van der Waals surface area contributed by atoms with Gasteiger partial charge in [0.15, 0.2) is 0 Å². The predicted molar refractivity (Wildman–Crippen MR) is 136 cm³/mol. The summed E-state index contributed by atoms with van der Waals surface area (Å²) >= 11 is 31.8. The van der Waals surface area contributed by atoms with Crippen LogP contribution in [-0.4, -0.2) is 7.85 Å². The van der Waals surface area contributed by atoms with Crippen molar-refractivity contribution in [1.29, 1.82) is 0 Å². The summed E-state index contributed by atoms with van der Waals surface area (Å²) in [5, 5.41) is 2.93. The smallest absolute Gasteiger partial charge is 0.0883 e. The molecule has 0 heterocycles. The standard InChI is InChI=1S/C24H14BCl5/c25-16-4-8-22(28)19(12-16)14-2-6-20(26)17(10-14)13-1-5-21(27)18(9-13)15-3-7-23(29)24(30)11-15/h1-12H,25H2. The van der Waals surface area contributed by atoms with Crippen molar-refractivity contribution in [2.45, 2.75) is 0 Å². The van der Waals surface area contributed by atoms with Gasteiger partial charge in [0.1, 0.15) is 7.85 Å². The van der Waals surface area contributed by atoms with Crippen LogP contribution >= 0.6 is 58.0 Å². The van der Waals surface area contributed by atoms with E-state index in [4.69, 9.17) is 58.0 Å². The van der Waals surface area contributed by atoms with E-state index in [-0.39, 0.29) is 0 Å². The molecule has 0 N–H and O–H groups in total. The molecule has 0 aliphatic rings. The van der Waals surface area contributed by atoms with Crippen LogP contribution in [0.4, 0.5) is 0 Å². The molecular formula is C24H14BCl5. The molecule has 148 valence electrons. The van der Waals surface area contributed by atoms with E-state index in [1.807, 2.05) is 62.4 Å². The van der Waals surface area contributed by atoms with Crippen LogP contribution in [0.5, 0.6) is 0 Å². The molecule has 0 unspecified atom stereocenters. The summed E-state index contributed by atoms with van der Waals surface area (Å²) in [5.41, 5.74) is 6.66. The van der Waals surface area contributed by atoms with E-state index in [9.17, 15) is 0 Å². The normalized spacial score (nSPS) is 11.0. The summed E-state index contributed by atoms with van der Waals surface area (Å²) in [4.78, 5) is 0. The Morgan fingerprint density at radius 3 is 1.30 bits per heavy atom. The van der Waals surface area contributed by atoms with E-state index >= 15 is 0 Å². The Kier molecular flexibility index (Phi) is 6.39. The maximum atomic E-state index is 6.57. The Morgan fingerprint density at radius 2 is 0.800 bits per heavy atom. The molecule has 0 bridgehead atoms. The molecule has 0 nitrogen and oxygen atoms in total. The third-order valence-electron chi connectivity index (χ3n) is 4.91. The molecule has 0 amide bonds. The fraction of sp³-hybridized carbons (Fsp3) is 0. The lowest BCUT2D eigenvalue weighted by Gasteiger charge is -2.13. The van der Waals surface area contributed by atoms with E-state index in [0.717, 1.165) is 38.8 Å². The van der Waals surface area contributed by atoms with Crippen molar-refractivity contribution in [1.82, 2.24) is 0 Å². The molecule has 4 rings (SSSR count). The zero-order valence-corrected chi connectivity index (χ0v) is 19.6.